The number of hydrogen-bond acceptors (Lipinski definition) is 7. The van der Waals surface area contributed by atoms with E-state index in [9.17, 15) is 4.79 Å². The van der Waals surface area contributed by atoms with Gasteiger partial charge < -0.3 is 15.2 Å². The third kappa shape index (κ3) is 2.82. The van der Waals surface area contributed by atoms with Crippen molar-refractivity contribution >= 4 is 17.4 Å². The SMILES string of the molecule is C[C@@]1(COC(=O)n2ccnc2)CC[C@H](c2ccc3c(N)ncnn23)O1. The third-order valence-corrected chi connectivity index (χ3v) is 4.42. The number of anilines is 1. The molecule has 1 fully saturated rings. The average molecular weight is 342 g/mol. The molecule has 2 N–H and O–H groups in total. The van der Waals surface area contributed by atoms with Crippen LogP contribution in [0.15, 0.2) is 37.2 Å². The lowest BCUT2D eigenvalue weighted by molar-refractivity contribution is -0.0663. The Morgan fingerprint density at radius 2 is 2.40 bits per heavy atom. The minimum absolute atomic E-state index is 0.145. The smallest absolute Gasteiger partial charge is 0.419 e. The highest BCUT2D eigenvalue weighted by molar-refractivity contribution is 5.70. The Hall–Kier alpha value is -2.94. The second kappa shape index (κ2) is 5.85. The van der Waals surface area contributed by atoms with Gasteiger partial charge in [-0.2, -0.15) is 5.10 Å². The number of nitrogen functional groups attached to an aromatic ring is 1. The summed E-state index contributed by atoms with van der Waals surface area (Å²) in [4.78, 5) is 19.8. The molecular formula is C16H18N6O3. The number of aromatic nitrogens is 5. The van der Waals surface area contributed by atoms with E-state index in [0.717, 1.165) is 24.1 Å². The highest BCUT2D eigenvalue weighted by atomic mass is 16.6. The lowest BCUT2D eigenvalue weighted by Gasteiger charge is -2.24. The molecule has 130 valence electrons. The van der Waals surface area contributed by atoms with Gasteiger partial charge in [-0.3, -0.25) is 0 Å². The highest BCUT2D eigenvalue weighted by Crippen LogP contribution is 2.40. The van der Waals surface area contributed by atoms with Crippen LogP contribution < -0.4 is 5.73 Å². The zero-order valence-electron chi connectivity index (χ0n) is 13.7. The van der Waals surface area contributed by atoms with Crippen molar-refractivity contribution in [2.75, 3.05) is 12.3 Å². The maximum absolute atomic E-state index is 11.9. The molecule has 0 spiro atoms. The second-order valence-corrected chi connectivity index (χ2v) is 6.32. The van der Waals surface area contributed by atoms with Gasteiger partial charge in [0.25, 0.3) is 0 Å². The molecule has 0 aliphatic carbocycles. The van der Waals surface area contributed by atoms with E-state index >= 15 is 0 Å². The van der Waals surface area contributed by atoms with Gasteiger partial charge in [0.15, 0.2) is 5.82 Å². The van der Waals surface area contributed by atoms with Gasteiger partial charge in [0.1, 0.15) is 36.5 Å². The first-order chi connectivity index (χ1) is 12.1. The van der Waals surface area contributed by atoms with Gasteiger partial charge in [-0.1, -0.05) is 0 Å². The summed E-state index contributed by atoms with van der Waals surface area (Å²) in [6, 6.07) is 3.82. The van der Waals surface area contributed by atoms with Gasteiger partial charge in [-0.15, -0.1) is 0 Å². The maximum Gasteiger partial charge on any atom is 0.419 e. The van der Waals surface area contributed by atoms with Crippen LogP contribution in [0.2, 0.25) is 0 Å². The minimum atomic E-state index is -0.552. The van der Waals surface area contributed by atoms with E-state index in [1.165, 1.54) is 23.4 Å². The predicted octanol–water partition coefficient (Wildman–Crippen LogP) is 1.80. The molecule has 1 aliphatic rings. The number of carbonyl (C=O) groups excluding carboxylic acids is 1. The number of fused-ring (bicyclic) bond motifs is 1. The van der Waals surface area contributed by atoms with Crippen LogP contribution in [0.3, 0.4) is 0 Å². The van der Waals surface area contributed by atoms with Gasteiger partial charge in [-0.05, 0) is 31.9 Å². The Morgan fingerprint density at radius 3 is 3.20 bits per heavy atom. The van der Waals surface area contributed by atoms with Gasteiger partial charge in [0.2, 0.25) is 0 Å². The van der Waals surface area contributed by atoms with Crippen LogP contribution in [0, 0.1) is 0 Å². The van der Waals surface area contributed by atoms with Crippen molar-refractivity contribution in [3.63, 3.8) is 0 Å². The molecule has 3 aromatic rings. The van der Waals surface area contributed by atoms with Crippen molar-refractivity contribution in [1.29, 1.82) is 0 Å². The zero-order chi connectivity index (χ0) is 17.4. The van der Waals surface area contributed by atoms with E-state index in [4.69, 9.17) is 15.2 Å². The van der Waals surface area contributed by atoms with Crippen LogP contribution >= 0.6 is 0 Å². The number of hydrogen-bond donors (Lipinski definition) is 1. The number of nitrogens with two attached hydrogens (primary N) is 1. The molecule has 0 bridgehead atoms. The van der Waals surface area contributed by atoms with Crippen LogP contribution in [-0.2, 0) is 9.47 Å². The molecule has 0 amide bonds. The van der Waals surface area contributed by atoms with E-state index in [1.54, 1.807) is 10.7 Å². The van der Waals surface area contributed by atoms with E-state index in [-0.39, 0.29) is 12.7 Å². The molecule has 9 nitrogen and oxygen atoms in total. The van der Waals surface area contributed by atoms with Crippen LogP contribution in [0.4, 0.5) is 10.6 Å². The highest BCUT2D eigenvalue weighted by Gasteiger charge is 2.39. The number of rotatable bonds is 3. The molecule has 0 unspecified atom stereocenters. The predicted molar refractivity (Wildman–Crippen MR) is 87.8 cm³/mol. The molecule has 9 heteroatoms. The fourth-order valence-electron chi connectivity index (χ4n) is 3.09. The maximum atomic E-state index is 11.9. The average Bonchev–Trinajstić information content (AvgIpc) is 3.33. The van der Waals surface area contributed by atoms with Crippen molar-refractivity contribution in [3.8, 4) is 0 Å². The molecule has 1 aliphatic heterocycles. The van der Waals surface area contributed by atoms with Gasteiger partial charge >= 0.3 is 6.09 Å². The summed E-state index contributed by atoms with van der Waals surface area (Å²) in [6.45, 7) is 2.11. The summed E-state index contributed by atoms with van der Waals surface area (Å²) in [6.07, 6.45) is 6.84. The summed E-state index contributed by atoms with van der Waals surface area (Å²) in [7, 11) is 0. The summed E-state index contributed by atoms with van der Waals surface area (Å²) >= 11 is 0. The first-order valence-corrected chi connectivity index (χ1v) is 7.97. The molecule has 0 radical (unpaired) electrons. The molecule has 1 saturated heterocycles. The summed E-state index contributed by atoms with van der Waals surface area (Å²) in [5.74, 6) is 0.427. The zero-order valence-corrected chi connectivity index (χ0v) is 13.7. The van der Waals surface area contributed by atoms with Crippen molar-refractivity contribution in [1.82, 2.24) is 24.1 Å². The first-order valence-electron chi connectivity index (χ1n) is 7.97. The Kier molecular flexibility index (Phi) is 3.65. The van der Waals surface area contributed by atoms with Gasteiger partial charge in [-0.25, -0.2) is 23.8 Å². The third-order valence-electron chi connectivity index (χ3n) is 4.42. The van der Waals surface area contributed by atoms with Crippen molar-refractivity contribution < 1.29 is 14.3 Å². The normalized spacial score (nSPS) is 23.2. The summed E-state index contributed by atoms with van der Waals surface area (Å²) in [5, 5.41) is 4.25. The lowest BCUT2D eigenvalue weighted by Crippen LogP contribution is -2.32. The fourth-order valence-corrected chi connectivity index (χ4v) is 3.09. The first kappa shape index (κ1) is 15.6. The lowest BCUT2D eigenvalue weighted by atomic mass is 10.0. The standard InChI is InChI=1S/C16H18N6O3/c1-16(8-24-15(23)21-7-6-18-10-21)5-4-13(25-16)11-2-3-12-14(17)19-9-20-22(11)12/h2-3,6-7,9-10,13H,4-5,8H2,1H3,(H2,17,19,20)/t13-,16+/m1/s1. The molecule has 4 heterocycles. The number of carbonyl (C=O) groups is 1. The molecule has 3 aromatic heterocycles. The van der Waals surface area contributed by atoms with E-state index in [2.05, 4.69) is 15.1 Å². The number of ether oxygens (including phenoxy) is 2. The molecule has 2 atom stereocenters. The molecule has 25 heavy (non-hydrogen) atoms. The largest absolute Gasteiger partial charge is 0.446 e. The van der Waals surface area contributed by atoms with Gasteiger partial charge in [0, 0.05) is 12.4 Å². The fraction of sp³-hybridized carbons (Fsp3) is 0.375. The van der Waals surface area contributed by atoms with Crippen LogP contribution in [0.5, 0.6) is 0 Å². The summed E-state index contributed by atoms with van der Waals surface area (Å²) < 4.78 is 14.6. The molecule has 4 rings (SSSR count). The van der Waals surface area contributed by atoms with Gasteiger partial charge in [0.05, 0.1) is 5.69 Å². The van der Waals surface area contributed by atoms with Crippen molar-refractivity contribution in [2.45, 2.75) is 31.5 Å². The van der Waals surface area contributed by atoms with Crippen LogP contribution in [-0.4, -0.2) is 42.5 Å². The molecule has 0 aromatic carbocycles. The summed E-state index contributed by atoms with van der Waals surface area (Å²) in [5.41, 5.74) is 6.98. The van der Waals surface area contributed by atoms with E-state index < -0.39 is 11.7 Å². The number of nitrogens with zero attached hydrogens (tertiary/aromatic N) is 5. The quantitative estimate of drug-likeness (QED) is 0.773. The van der Waals surface area contributed by atoms with Crippen LogP contribution in [0.25, 0.3) is 5.52 Å². The second-order valence-electron chi connectivity index (χ2n) is 6.32. The minimum Gasteiger partial charge on any atom is -0.446 e. The van der Waals surface area contributed by atoms with E-state index in [1.807, 2.05) is 19.1 Å². The van der Waals surface area contributed by atoms with Crippen molar-refractivity contribution in [2.24, 2.45) is 0 Å². The monoisotopic (exact) mass is 342 g/mol. The van der Waals surface area contributed by atoms with E-state index in [0.29, 0.717) is 5.82 Å². The Labute approximate surface area is 143 Å². The molecule has 0 saturated carbocycles. The number of imidazole rings is 1. The van der Waals surface area contributed by atoms with Crippen LogP contribution in [0.1, 0.15) is 31.6 Å². The Bertz CT molecular complexity index is 906. The molecular weight excluding hydrogens is 324 g/mol. The Morgan fingerprint density at radius 1 is 1.52 bits per heavy atom. The van der Waals surface area contributed by atoms with Crippen molar-refractivity contribution in [3.05, 3.63) is 42.9 Å². The topological polar surface area (TPSA) is 110 Å². The Balaban J connectivity index is 1.46.